The molecule has 1 heterocycles. The Morgan fingerprint density at radius 1 is 1.30 bits per heavy atom. The lowest BCUT2D eigenvalue weighted by atomic mass is 10.1. The van der Waals surface area contributed by atoms with Crippen molar-refractivity contribution < 1.29 is 4.79 Å². The van der Waals surface area contributed by atoms with Crippen LogP contribution in [-0.2, 0) is 24.2 Å². The number of hydrogen-bond donors (Lipinski definition) is 0. The average Bonchev–Trinajstić information content (AvgIpc) is 2.69. The van der Waals surface area contributed by atoms with Gasteiger partial charge in [0.05, 0.1) is 15.9 Å². The lowest BCUT2D eigenvalue weighted by molar-refractivity contribution is -0.117. The normalized spacial score (nSPS) is 10.8. The van der Waals surface area contributed by atoms with Gasteiger partial charge in [0.1, 0.15) is 5.78 Å². The fourth-order valence-electron chi connectivity index (χ4n) is 2.12. The van der Waals surface area contributed by atoms with E-state index in [1.165, 1.54) is 0 Å². The summed E-state index contributed by atoms with van der Waals surface area (Å²) in [5.41, 5.74) is 2.85. The number of rotatable bonds is 5. The third kappa shape index (κ3) is 3.49. The average molecular weight is 356 g/mol. The summed E-state index contributed by atoms with van der Waals surface area (Å²) in [6.45, 7) is 4.71. The Balaban J connectivity index is 2.10. The summed E-state index contributed by atoms with van der Waals surface area (Å²) in [4.78, 5) is 12.2. The van der Waals surface area contributed by atoms with Crippen molar-refractivity contribution in [3.8, 4) is 0 Å². The number of hydrogen-bond acceptors (Lipinski definition) is 2. The van der Waals surface area contributed by atoms with Crippen LogP contribution in [0, 0.1) is 6.92 Å². The van der Waals surface area contributed by atoms with E-state index in [-0.39, 0.29) is 5.78 Å². The van der Waals surface area contributed by atoms with Gasteiger partial charge in [0.25, 0.3) is 0 Å². The molecule has 0 N–H and O–H groups in total. The second-order valence-electron chi connectivity index (χ2n) is 4.68. The van der Waals surface area contributed by atoms with Gasteiger partial charge in [-0.2, -0.15) is 5.10 Å². The topological polar surface area (TPSA) is 34.9 Å². The van der Waals surface area contributed by atoms with E-state index in [1.807, 2.05) is 30.7 Å². The number of nitrogens with zero attached hydrogens (tertiary/aromatic N) is 2. The zero-order valence-electron chi connectivity index (χ0n) is 11.5. The highest BCUT2D eigenvalue weighted by molar-refractivity contribution is 9.10. The molecule has 0 fully saturated rings. The molecule has 0 aliphatic heterocycles. The molecule has 0 unspecified atom stereocenters. The second-order valence-corrected chi connectivity index (χ2v) is 5.91. The van der Waals surface area contributed by atoms with Crippen molar-refractivity contribution in [1.29, 1.82) is 0 Å². The van der Waals surface area contributed by atoms with E-state index in [9.17, 15) is 4.79 Å². The van der Waals surface area contributed by atoms with E-state index in [0.29, 0.717) is 17.9 Å². The van der Waals surface area contributed by atoms with Crippen LogP contribution in [-0.4, -0.2) is 15.6 Å². The van der Waals surface area contributed by atoms with Crippen molar-refractivity contribution in [1.82, 2.24) is 9.78 Å². The molecule has 0 aliphatic rings. The molecule has 20 heavy (non-hydrogen) atoms. The number of benzene rings is 1. The molecule has 0 saturated heterocycles. The molecular formula is C15H16BrClN2O. The minimum atomic E-state index is 0.169. The fourth-order valence-corrected chi connectivity index (χ4v) is 2.67. The van der Waals surface area contributed by atoms with Gasteiger partial charge in [0.15, 0.2) is 0 Å². The zero-order valence-corrected chi connectivity index (χ0v) is 13.8. The fraction of sp³-hybridized carbons (Fsp3) is 0.333. The lowest BCUT2D eigenvalue weighted by Gasteiger charge is -2.05. The Kier molecular flexibility index (Phi) is 5.00. The van der Waals surface area contributed by atoms with Gasteiger partial charge in [-0.15, -0.1) is 0 Å². The number of halogens is 2. The summed E-state index contributed by atoms with van der Waals surface area (Å²) in [5, 5.41) is 5.08. The first-order valence-electron chi connectivity index (χ1n) is 6.49. The van der Waals surface area contributed by atoms with Crippen molar-refractivity contribution in [3.63, 3.8) is 0 Å². The molecule has 106 valence electrons. The van der Waals surface area contributed by atoms with Gasteiger partial charge in [0, 0.05) is 24.4 Å². The van der Waals surface area contributed by atoms with Gasteiger partial charge in [-0.25, -0.2) is 0 Å². The third-order valence-corrected chi connectivity index (χ3v) is 4.42. The first-order chi connectivity index (χ1) is 9.51. The van der Waals surface area contributed by atoms with Crippen LogP contribution >= 0.6 is 27.5 Å². The molecule has 0 bridgehead atoms. The second kappa shape index (κ2) is 6.55. The summed E-state index contributed by atoms with van der Waals surface area (Å²) < 4.78 is 2.81. The summed E-state index contributed by atoms with van der Waals surface area (Å²) in [6.07, 6.45) is 0.801. The molecule has 0 atom stereocenters. The van der Waals surface area contributed by atoms with Gasteiger partial charge in [-0.05, 0) is 47.5 Å². The molecule has 2 rings (SSSR count). The molecule has 3 nitrogen and oxygen atoms in total. The van der Waals surface area contributed by atoms with E-state index in [0.717, 1.165) is 28.0 Å². The van der Waals surface area contributed by atoms with Gasteiger partial charge in [-0.1, -0.05) is 23.7 Å². The Labute approximate surface area is 132 Å². The molecule has 0 saturated carbocycles. The molecule has 1 aromatic carbocycles. The van der Waals surface area contributed by atoms with E-state index in [2.05, 4.69) is 21.0 Å². The molecule has 1 aromatic heterocycles. The van der Waals surface area contributed by atoms with Crippen LogP contribution in [0.5, 0.6) is 0 Å². The molecule has 0 spiro atoms. The van der Waals surface area contributed by atoms with Crippen LogP contribution in [0.15, 0.2) is 28.7 Å². The lowest BCUT2D eigenvalue weighted by Crippen LogP contribution is -2.12. The summed E-state index contributed by atoms with van der Waals surface area (Å²) in [6, 6.07) is 7.39. The van der Waals surface area contributed by atoms with Gasteiger partial charge >= 0.3 is 0 Å². The smallest absolute Gasteiger partial charge is 0.143 e. The number of Topliss-reactive ketones (excluding diaryl/α,β-unsaturated/α-hetero) is 1. The van der Waals surface area contributed by atoms with Crippen molar-refractivity contribution in [2.75, 3.05) is 0 Å². The largest absolute Gasteiger partial charge is 0.299 e. The molecular weight excluding hydrogens is 340 g/mol. The maximum absolute atomic E-state index is 12.2. The Hall–Kier alpha value is -1.13. The van der Waals surface area contributed by atoms with Crippen molar-refractivity contribution in [3.05, 3.63) is 50.7 Å². The first kappa shape index (κ1) is 15.3. The summed E-state index contributed by atoms with van der Waals surface area (Å²) >= 11 is 9.35. The molecule has 0 aliphatic carbocycles. The molecule has 0 amide bonds. The number of carbonyl (C=O) groups is 1. The van der Waals surface area contributed by atoms with Crippen molar-refractivity contribution in [2.24, 2.45) is 0 Å². The Bertz CT molecular complexity index is 620. The van der Waals surface area contributed by atoms with Crippen molar-refractivity contribution >= 4 is 33.3 Å². The predicted octanol–water partition coefficient (Wildman–Crippen LogP) is 3.98. The van der Waals surface area contributed by atoms with Crippen LogP contribution in [0.25, 0.3) is 0 Å². The van der Waals surface area contributed by atoms with Crippen LogP contribution in [0.4, 0.5) is 0 Å². The number of aromatic nitrogens is 2. The number of ketones is 1. The number of carbonyl (C=O) groups excluding carboxylic acids is 1. The third-order valence-electron chi connectivity index (χ3n) is 3.13. The van der Waals surface area contributed by atoms with Gasteiger partial charge < -0.3 is 0 Å². The van der Waals surface area contributed by atoms with E-state index in [1.54, 1.807) is 12.1 Å². The molecule has 0 radical (unpaired) electrons. The predicted molar refractivity (Wildman–Crippen MR) is 84.2 cm³/mol. The van der Waals surface area contributed by atoms with Crippen LogP contribution < -0.4 is 0 Å². The maximum atomic E-state index is 12.2. The highest BCUT2D eigenvalue weighted by Crippen LogP contribution is 2.22. The van der Waals surface area contributed by atoms with Crippen LogP contribution in [0.1, 0.15) is 23.9 Å². The van der Waals surface area contributed by atoms with Crippen molar-refractivity contribution in [2.45, 2.75) is 33.2 Å². The summed E-state index contributed by atoms with van der Waals surface area (Å²) in [5.74, 6) is 0.169. The van der Waals surface area contributed by atoms with Crippen LogP contribution in [0.2, 0.25) is 5.02 Å². The first-order valence-corrected chi connectivity index (χ1v) is 7.66. The Morgan fingerprint density at radius 2 is 1.95 bits per heavy atom. The van der Waals surface area contributed by atoms with Gasteiger partial charge in [0.2, 0.25) is 0 Å². The van der Waals surface area contributed by atoms with E-state index in [4.69, 9.17) is 11.6 Å². The van der Waals surface area contributed by atoms with E-state index >= 15 is 0 Å². The molecule has 2 aromatic rings. The quantitative estimate of drug-likeness (QED) is 0.813. The van der Waals surface area contributed by atoms with Gasteiger partial charge in [-0.3, -0.25) is 9.48 Å². The van der Waals surface area contributed by atoms with E-state index < -0.39 is 0 Å². The SMILES string of the molecule is CCn1nc(C)c(Br)c1CC(=O)Cc1ccc(Cl)cc1. The zero-order chi connectivity index (χ0) is 14.7. The highest BCUT2D eigenvalue weighted by Gasteiger charge is 2.15. The Morgan fingerprint density at radius 3 is 2.55 bits per heavy atom. The van der Waals surface area contributed by atoms with Crippen LogP contribution in [0.3, 0.4) is 0 Å². The summed E-state index contributed by atoms with van der Waals surface area (Å²) in [7, 11) is 0. The standard InChI is InChI=1S/C15H16BrClN2O/c1-3-19-14(15(16)10(2)18-19)9-13(20)8-11-4-6-12(17)7-5-11/h4-7H,3,8-9H2,1-2H3. The molecule has 5 heteroatoms. The minimum absolute atomic E-state index is 0.169. The maximum Gasteiger partial charge on any atom is 0.143 e. The number of aryl methyl sites for hydroxylation is 2. The monoisotopic (exact) mass is 354 g/mol. The highest BCUT2D eigenvalue weighted by atomic mass is 79.9. The minimum Gasteiger partial charge on any atom is -0.299 e.